The third kappa shape index (κ3) is 2.57. The molecule has 0 atom stereocenters. The van der Waals surface area contributed by atoms with Crippen molar-refractivity contribution < 1.29 is 4.79 Å². The van der Waals surface area contributed by atoms with Crippen LogP contribution in [0.4, 0.5) is 5.82 Å². The van der Waals surface area contributed by atoms with Crippen LogP contribution in [0.3, 0.4) is 0 Å². The topological polar surface area (TPSA) is 73.8 Å². The Morgan fingerprint density at radius 2 is 1.67 bits per heavy atom. The van der Waals surface area contributed by atoms with E-state index in [0.717, 1.165) is 10.2 Å². The zero-order valence-corrected chi connectivity index (χ0v) is 12.5. The molecular weight excluding hydrogens is 332 g/mol. The van der Waals surface area contributed by atoms with Crippen molar-refractivity contribution in [3.05, 3.63) is 70.3 Å². The van der Waals surface area contributed by atoms with Gasteiger partial charge in [0.25, 0.3) is 0 Å². The lowest BCUT2D eigenvalue weighted by atomic mass is 10.1. The summed E-state index contributed by atoms with van der Waals surface area (Å²) in [5, 5.41) is 8.34. The van der Waals surface area contributed by atoms with Crippen molar-refractivity contribution in [1.82, 2.24) is 15.0 Å². The molecule has 0 radical (unpaired) electrons. The number of carbonyl (C=O) groups excluding carboxylic acids is 1. The van der Waals surface area contributed by atoms with Gasteiger partial charge in [0.2, 0.25) is 5.78 Å². The molecule has 0 aliphatic heterocycles. The summed E-state index contributed by atoms with van der Waals surface area (Å²) in [6.45, 7) is 0. The van der Waals surface area contributed by atoms with E-state index in [1.807, 2.05) is 30.3 Å². The fourth-order valence-corrected chi connectivity index (χ4v) is 2.37. The van der Waals surface area contributed by atoms with Crippen LogP contribution in [0, 0.1) is 0 Å². The van der Waals surface area contributed by atoms with Gasteiger partial charge in [0.05, 0.1) is 5.69 Å². The Labute approximate surface area is 129 Å². The number of hydrogen-bond donors (Lipinski definition) is 1. The fourth-order valence-electron chi connectivity index (χ4n) is 1.93. The van der Waals surface area contributed by atoms with Crippen LogP contribution in [-0.4, -0.2) is 20.8 Å². The van der Waals surface area contributed by atoms with Crippen molar-refractivity contribution in [2.75, 3.05) is 5.73 Å². The van der Waals surface area contributed by atoms with E-state index < -0.39 is 0 Å². The molecule has 0 aliphatic carbocycles. The van der Waals surface area contributed by atoms with Crippen LogP contribution in [0.15, 0.2) is 59.1 Å². The minimum Gasteiger partial charge on any atom is -0.380 e. The number of anilines is 1. The molecule has 21 heavy (non-hydrogen) atoms. The molecule has 0 saturated heterocycles. The lowest BCUT2D eigenvalue weighted by Gasteiger charge is -2.01. The molecule has 0 amide bonds. The zero-order chi connectivity index (χ0) is 14.8. The predicted octanol–water partition coefficient (Wildman–Crippen LogP) is 2.84. The first-order valence-corrected chi connectivity index (χ1v) is 7.03. The highest BCUT2D eigenvalue weighted by atomic mass is 79.9. The van der Waals surface area contributed by atoms with Crippen LogP contribution in [-0.2, 0) is 0 Å². The lowest BCUT2D eigenvalue weighted by molar-refractivity contribution is 0.103. The average molecular weight is 343 g/mol. The van der Waals surface area contributed by atoms with Crippen molar-refractivity contribution in [1.29, 1.82) is 0 Å². The van der Waals surface area contributed by atoms with E-state index >= 15 is 0 Å². The van der Waals surface area contributed by atoms with Gasteiger partial charge in [0.1, 0.15) is 0 Å². The Kier molecular flexibility index (Phi) is 3.53. The Morgan fingerprint density at radius 1 is 1.00 bits per heavy atom. The van der Waals surface area contributed by atoms with Crippen molar-refractivity contribution in [2.45, 2.75) is 0 Å². The molecule has 0 unspecified atom stereocenters. The third-order valence-corrected chi connectivity index (χ3v) is 3.63. The highest BCUT2D eigenvalue weighted by Crippen LogP contribution is 2.21. The van der Waals surface area contributed by atoms with E-state index in [-0.39, 0.29) is 17.3 Å². The first kappa shape index (κ1) is 13.5. The Bertz CT molecular complexity index is 798. The molecule has 2 N–H and O–H groups in total. The molecule has 0 bridgehead atoms. The van der Waals surface area contributed by atoms with Gasteiger partial charge in [-0.05, 0) is 28.1 Å². The molecule has 0 fully saturated rings. The van der Waals surface area contributed by atoms with Gasteiger partial charge < -0.3 is 5.73 Å². The maximum Gasteiger partial charge on any atom is 0.217 e. The second-order valence-corrected chi connectivity index (χ2v) is 5.22. The average Bonchev–Trinajstić information content (AvgIpc) is 2.89. The number of nitrogens with zero attached hydrogens (tertiary/aromatic N) is 3. The predicted molar refractivity (Wildman–Crippen MR) is 83.3 cm³/mol. The zero-order valence-electron chi connectivity index (χ0n) is 10.9. The minimum atomic E-state index is -0.244. The molecule has 0 aliphatic rings. The van der Waals surface area contributed by atoms with E-state index in [1.165, 1.54) is 4.80 Å². The van der Waals surface area contributed by atoms with Crippen LogP contribution < -0.4 is 5.73 Å². The standard InChI is InChI=1S/C15H11BrN4O/c16-11-8-4-5-9-12(11)20-18-13(15(17)19-20)14(21)10-6-2-1-3-7-10/h1-9H,(H2,17,19). The molecule has 2 aromatic carbocycles. The summed E-state index contributed by atoms with van der Waals surface area (Å²) in [6.07, 6.45) is 0. The highest BCUT2D eigenvalue weighted by Gasteiger charge is 2.19. The molecule has 0 saturated carbocycles. The number of nitrogens with two attached hydrogens (primary N) is 1. The molecule has 1 heterocycles. The number of hydrogen-bond acceptors (Lipinski definition) is 4. The highest BCUT2D eigenvalue weighted by molar-refractivity contribution is 9.10. The van der Waals surface area contributed by atoms with Gasteiger partial charge in [-0.25, -0.2) is 0 Å². The summed E-state index contributed by atoms with van der Waals surface area (Å²) >= 11 is 3.42. The summed E-state index contributed by atoms with van der Waals surface area (Å²) in [4.78, 5) is 13.7. The van der Waals surface area contributed by atoms with Gasteiger partial charge >= 0.3 is 0 Å². The van der Waals surface area contributed by atoms with Crippen LogP contribution >= 0.6 is 15.9 Å². The molecular formula is C15H11BrN4O. The van der Waals surface area contributed by atoms with Crippen LogP contribution in [0.1, 0.15) is 16.1 Å². The van der Waals surface area contributed by atoms with Crippen LogP contribution in [0.5, 0.6) is 0 Å². The van der Waals surface area contributed by atoms with Crippen molar-refractivity contribution in [2.24, 2.45) is 0 Å². The number of ketones is 1. The minimum absolute atomic E-state index is 0.111. The molecule has 104 valence electrons. The quantitative estimate of drug-likeness (QED) is 0.742. The van der Waals surface area contributed by atoms with Crippen molar-refractivity contribution in [3.8, 4) is 5.69 Å². The maximum atomic E-state index is 12.4. The largest absolute Gasteiger partial charge is 0.380 e. The summed E-state index contributed by atoms with van der Waals surface area (Å²) in [5.74, 6) is -0.133. The van der Waals surface area contributed by atoms with E-state index in [9.17, 15) is 4.79 Å². The summed E-state index contributed by atoms with van der Waals surface area (Å²) in [6, 6.07) is 16.3. The molecule has 0 spiro atoms. The Hall–Kier alpha value is -2.47. The van der Waals surface area contributed by atoms with Gasteiger partial charge in [-0.15, -0.1) is 15.0 Å². The molecule has 1 aromatic heterocycles. The number of benzene rings is 2. The SMILES string of the molecule is Nc1nn(-c2ccccc2Br)nc1C(=O)c1ccccc1. The van der Waals surface area contributed by atoms with E-state index in [1.54, 1.807) is 24.3 Å². The molecule has 5 nitrogen and oxygen atoms in total. The number of halogens is 1. The third-order valence-electron chi connectivity index (χ3n) is 2.96. The number of para-hydroxylation sites is 1. The summed E-state index contributed by atoms with van der Waals surface area (Å²) in [7, 11) is 0. The number of aromatic nitrogens is 3. The van der Waals surface area contributed by atoms with Crippen molar-refractivity contribution >= 4 is 27.5 Å². The Balaban J connectivity index is 2.03. The molecule has 3 aromatic rings. The van der Waals surface area contributed by atoms with Gasteiger partial charge in [-0.2, -0.15) is 0 Å². The molecule has 6 heteroatoms. The van der Waals surface area contributed by atoms with E-state index in [4.69, 9.17) is 5.73 Å². The maximum absolute atomic E-state index is 12.4. The molecule has 3 rings (SSSR count). The number of rotatable bonds is 3. The van der Waals surface area contributed by atoms with Gasteiger partial charge in [0.15, 0.2) is 11.5 Å². The second-order valence-electron chi connectivity index (χ2n) is 4.37. The summed E-state index contributed by atoms with van der Waals surface area (Å²) < 4.78 is 0.818. The van der Waals surface area contributed by atoms with E-state index in [0.29, 0.717) is 5.56 Å². The normalized spacial score (nSPS) is 10.5. The van der Waals surface area contributed by atoms with Crippen LogP contribution in [0.25, 0.3) is 5.69 Å². The van der Waals surface area contributed by atoms with Crippen LogP contribution in [0.2, 0.25) is 0 Å². The smallest absolute Gasteiger partial charge is 0.217 e. The van der Waals surface area contributed by atoms with Crippen molar-refractivity contribution in [3.63, 3.8) is 0 Å². The number of nitrogen functional groups attached to an aromatic ring is 1. The number of carbonyl (C=O) groups is 1. The lowest BCUT2D eigenvalue weighted by Crippen LogP contribution is -2.06. The fraction of sp³-hybridized carbons (Fsp3) is 0. The Morgan fingerprint density at radius 3 is 2.38 bits per heavy atom. The first-order chi connectivity index (χ1) is 10.2. The van der Waals surface area contributed by atoms with E-state index in [2.05, 4.69) is 26.1 Å². The second kappa shape index (κ2) is 5.49. The van der Waals surface area contributed by atoms with Gasteiger partial charge in [0, 0.05) is 10.0 Å². The first-order valence-electron chi connectivity index (χ1n) is 6.24. The van der Waals surface area contributed by atoms with Gasteiger partial charge in [-0.1, -0.05) is 42.5 Å². The summed E-state index contributed by atoms with van der Waals surface area (Å²) in [5.41, 5.74) is 7.24. The van der Waals surface area contributed by atoms with Gasteiger partial charge in [-0.3, -0.25) is 4.79 Å². The monoisotopic (exact) mass is 342 g/mol.